The van der Waals surface area contributed by atoms with Crippen LogP contribution < -0.4 is 5.73 Å². The summed E-state index contributed by atoms with van der Waals surface area (Å²) >= 11 is 3.35. The van der Waals surface area contributed by atoms with Crippen LogP contribution in [0.1, 0.15) is 18.4 Å². The topological polar surface area (TPSA) is 63.4 Å². The second kappa shape index (κ2) is 6.16. The van der Waals surface area contributed by atoms with E-state index in [1.165, 1.54) is 0 Å². The number of rotatable bonds is 2. The van der Waals surface area contributed by atoms with Gasteiger partial charge in [0.05, 0.1) is 4.90 Å². The Morgan fingerprint density at radius 2 is 2.00 bits per heavy atom. The smallest absolute Gasteiger partial charge is 0.243 e. The summed E-state index contributed by atoms with van der Waals surface area (Å²) in [5.41, 5.74) is 6.88. The summed E-state index contributed by atoms with van der Waals surface area (Å²) in [6.45, 7) is 3.02. The van der Waals surface area contributed by atoms with Gasteiger partial charge in [0, 0.05) is 23.6 Å². The number of fused-ring (bicyclic) bond motifs is 1. The Labute approximate surface area is 140 Å². The third-order valence-electron chi connectivity index (χ3n) is 4.65. The van der Waals surface area contributed by atoms with Crippen molar-refractivity contribution in [1.82, 2.24) is 4.31 Å². The van der Waals surface area contributed by atoms with Gasteiger partial charge in [-0.1, -0.05) is 22.0 Å². The predicted octanol–water partition coefficient (Wildman–Crippen LogP) is 2.54. The highest BCUT2D eigenvalue weighted by Gasteiger charge is 2.45. The van der Waals surface area contributed by atoms with Gasteiger partial charge in [-0.25, -0.2) is 8.42 Å². The van der Waals surface area contributed by atoms with E-state index in [0.717, 1.165) is 22.9 Å². The molecular weight excluding hydrogens is 376 g/mol. The summed E-state index contributed by atoms with van der Waals surface area (Å²) in [4.78, 5) is 0.403. The molecule has 0 radical (unpaired) electrons. The molecule has 2 N–H and O–H groups in total. The summed E-state index contributed by atoms with van der Waals surface area (Å²) in [7, 11) is -3.41. The van der Waals surface area contributed by atoms with E-state index in [4.69, 9.17) is 5.73 Å². The number of hydrogen-bond acceptors (Lipinski definition) is 3. The molecule has 7 heteroatoms. The second-order valence-electron chi connectivity index (χ2n) is 5.90. The minimum absolute atomic E-state index is 0. The van der Waals surface area contributed by atoms with Crippen LogP contribution in [0.25, 0.3) is 0 Å². The SMILES string of the molecule is Cc1ccc(Br)cc1S(=O)(=O)N1CC2CCC(N)C2C1.Cl. The van der Waals surface area contributed by atoms with Crippen LogP contribution in [0.15, 0.2) is 27.6 Å². The summed E-state index contributed by atoms with van der Waals surface area (Å²) in [6, 6.07) is 5.55. The lowest BCUT2D eigenvalue weighted by atomic mass is 9.98. The van der Waals surface area contributed by atoms with Crippen LogP contribution in [0.2, 0.25) is 0 Å². The fourth-order valence-corrected chi connectivity index (χ4v) is 5.75. The number of hydrogen-bond donors (Lipinski definition) is 1. The Hall–Kier alpha value is -0.140. The molecule has 1 aliphatic carbocycles. The molecule has 3 atom stereocenters. The molecule has 0 aromatic heterocycles. The summed E-state index contributed by atoms with van der Waals surface area (Å²) in [5.74, 6) is 0.768. The van der Waals surface area contributed by atoms with Gasteiger partial charge in [0.25, 0.3) is 0 Å². The minimum Gasteiger partial charge on any atom is -0.327 e. The van der Waals surface area contributed by atoms with Crippen molar-refractivity contribution in [3.05, 3.63) is 28.2 Å². The molecule has 1 aliphatic heterocycles. The van der Waals surface area contributed by atoms with Crippen LogP contribution in [0.4, 0.5) is 0 Å². The molecule has 21 heavy (non-hydrogen) atoms. The fraction of sp³-hybridized carbons (Fsp3) is 0.571. The van der Waals surface area contributed by atoms with E-state index in [2.05, 4.69) is 15.9 Å². The number of benzene rings is 1. The molecule has 0 amide bonds. The van der Waals surface area contributed by atoms with E-state index in [9.17, 15) is 8.42 Å². The van der Waals surface area contributed by atoms with Crippen molar-refractivity contribution in [1.29, 1.82) is 0 Å². The monoisotopic (exact) mass is 394 g/mol. The highest BCUT2D eigenvalue weighted by atomic mass is 79.9. The molecule has 4 nitrogen and oxygen atoms in total. The van der Waals surface area contributed by atoms with Gasteiger partial charge in [-0.3, -0.25) is 0 Å². The first kappa shape index (κ1) is 17.2. The minimum atomic E-state index is -3.41. The average Bonchev–Trinajstić information content (AvgIpc) is 2.95. The van der Waals surface area contributed by atoms with E-state index >= 15 is 0 Å². The normalized spacial score (nSPS) is 29.2. The molecule has 0 bridgehead atoms. The first-order valence-corrected chi connectivity index (χ1v) is 9.15. The van der Waals surface area contributed by atoms with Gasteiger partial charge in [-0.05, 0) is 49.3 Å². The van der Waals surface area contributed by atoms with Gasteiger partial charge in [0.15, 0.2) is 0 Å². The van der Waals surface area contributed by atoms with E-state index in [-0.39, 0.29) is 18.4 Å². The zero-order valence-electron chi connectivity index (χ0n) is 11.8. The molecular formula is C14H20BrClN2O2S. The highest BCUT2D eigenvalue weighted by molar-refractivity contribution is 9.10. The Kier molecular flexibility index (Phi) is 5.05. The molecule has 2 aliphatic rings. The standard InChI is InChI=1S/C14H19BrN2O2S.ClH/c1-9-2-4-11(15)6-14(9)20(18,19)17-7-10-3-5-13(16)12(10)8-17;/h2,4,6,10,12-13H,3,5,7-8,16H2,1H3;1H. The third-order valence-corrected chi connectivity index (χ3v) is 7.11. The van der Waals surface area contributed by atoms with Crippen LogP contribution >= 0.6 is 28.3 Å². The van der Waals surface area contributed by atoms with Crippen LogP contribution in [-0.4, -0.2) is 31.9 Å². The van der Waals surface area contributed by atoms with E-state index < -0.39 is 10.0 Å². The third kappa shape index (κ3) is 3.01. The lowest BCUT2D eigenvalue weighted by Gasteiger charge is -2.20. The molecule has 1 aromatic rings. The molecule has 3 unspecified atom stereocenters. The van der Waals surface area contributed by atoms with E-state index in [0.29, 0.717) is 29.8 Å². The molecule has 3 rings (SSSR count). The molecule has 0 spiro atoms. The predicted molar refractivity (Wildman–Crippen MR) is 89.1 cm³/mol. The first-order chi connectivity index (χ1) is 9.39. The fourth-order valence-electron chi connectivity index (χ4n) is 3.45. The van der Waals surface area contributed by atoms with Gasteiger partial charge in [0.1, 0.15) is 0 Å². The zero-order valence-corrected chi connectivity index (χ0v) is 15.0. The lowest BCUT2D eigenvalue weighted by Crippen LogP contribution is -2.33. The van der Waals surface area contributed by atoms with Gasteiger partial charge < -0.3 is 5.73 Å². The van der Waals surface area contributed by atoms with Crippen LogP contribution in [-0.2, 0) is 10.0 Å². The number of sulfonamides is 1. The molecule has 118 valence electrons. The lowest BCUT2D eigenvalue weighted by molar-refractivity contribution is 0.427. The van der Waals surface area contributed by atoms with Gasteiger partial charge >= 0.3 is 0 Å². The number of halogens is 2. The Morgan fingerprint density at radius 3 is 2.67 bits per heavy atom. The van der Waals surface area contributed by atoms with Crippen molar-refractivity contribution in [2.75, 3.05) is 13.1 Å². The second-order valence-corrected chi connectivity index (χ2v) is 8.72. The maximum atomic E-state index is 12.8. The number of nitrogens with two attached hydrogens (primary N) is 1. The molecule has 1 saturated heterocycles. The molecule has 1 saturated carbocycles. The number of nitrogens with zero attached hydrogens (tertiary/aromatic N) is 1. The Balaban J connectivity index is 0.00000161. The van der Waals surface area contributed by atoms with Crippen LogP contribution in [0.3, 0.4) is 0 Å². The van der Waals surface area contributed by atoms with Crippen molar-refractivity contribution in [3.63, 3.8) is 0 Å². The Bertz CT molecular complexity index is 638. The van der Waals surface area contributed by atoms with Gasteiger partial charge in [-0.2, -0.15) is 4.31 Å². The maximum Gasteiger partial charge on any atom is 0.243 e. The van der Waals surface area contributed by atoms with Crippen molar-refractivity contribution < 1.29 is 8.42 Å². The quantitative estimate of drug-likeness (QED) is 0.837. The summed E-state index contributed by atoms with van der Waals surface area (Å²) in [5, 5.41) is 0. The number of aryl methyl sites for hydroxylation is 1. The molecule has 2 fully saturated rings. The zero-order chi connectivity index (χ0) is 14.5. The van der Waals surface area contributed by atoms with E-state index in [1.54, 1.807) is 10.4 Å². The largest absolute Gasteiger partial charge is 0.327 e. The van der Waals surface area contributed by atoms with E-state index in [1.807, 2.05) is 19.1 Å². The van der Waals surface area contributed by atoms with Crippen LogP contribution in [0, 0.1) is 18.8 Å². The van der Waals surface area contributed by atoms with Crippen molar-refractivity contribution >= 4 is 38.4 Å². The van der Waals surface area contributed by atoms with Crippen molar-refractivity contribution in [2.24, 2.45) is 17.6 Å². The molecule has 1 aromatic carbocycles. The average molecular weight is 396 g/mol. The van der Waals surface area contributed by atoms with Gasteiger partial charge in [0.2, 0.25) is 10.0 Å². The summed E-state index contributed by atoms with van der Waals surface area (Å²) in [6.07, 6.45) is 2.08. The Morgan fingerprint density at radius 1 is 1.29 bits per heavy atom. The first-order valence-electron chi connectivity index (χ1n) is 6.91. The highest BCUT2D eigenvalue weighted by Crippen LogP contribution is 2.39. The van der Waals surface area contributed by atoms with Crippen molar-refractivity contribution in [3.8, 4) is 0 Å². The summed E-state index contributed by atoms with van der Waals surface area (Å²) < 4.78 is 28.0. The van der Waals surface area contributed by atoms with Crippen molar-refractivity contribution in [2.45, 2.75) is 30.7 Å². The molecule has 1 heterocycles. The van der Waals surface area contributed by atoms with Gasteiger partial charge in [-0.15, -0.1) is 12.4 Å². The van der Waals surface area contributed by atoms with Crippen LogP contribution in [0.5, 0.6) is 0 Å². The maximum absolute atomic E-state index is 12.8.